The molecule has 0 unspecified atom stereocenters. The maximum Gasteiger partial charge on any atom is 0.220 e. The molecular formula is C26H30N4O3S. The van der Waals surface area contributed by atoms with E-state index in [0.717, 1.165) is 29.8 Å². The molecule has 3 aromatic rings. The van der Waals surface area contributed by atoms with Crippen molar-refractivity contribution in [2.45, 2.75) is 49.1 Å². The Morgan fingerprint density at radius 2 is 2.00 bits per heavy atom. The molecule has 2 heterocycles. The SMILES string of the molecule is COc1ccccc1-n1cc(CNC(=O)CC[C@@]2(Cc3ccc(SC)cc3)CCC(=O)N2)cn1. The Morgan fingerprint density at radius 3 is 2.71 bits per heavy atom. The van der Waals surface area contributed by atoms with Gasteiger partial charge in [0.25, 0.3) is 0 Å². The smallest absolute Gasteiger partial charge is 0.220 e. The van der Waals surface area contributed by atoms with Crippen LogP contribution in [0.5, 0.6) is 5.75 Å². The van der Waals surface area contributed by atoms with E-state index in [1.54, 1.807) is 29.8 Å². The Balaban J connectivity index is 1.33. The molecular weight excluding hydrogens is 448 g/mol. The lowest BCUT2D eigenvalue weighted by molar-refractivity contribution is -0.122. The molecule has 0 bridgehead atoms. The largest absolute Gasteiger partial charge is 0.494 e. The van der Waals surface area contributed by atoms with Gasteiger partial charge >= 0.3 is 0 Å². The maximum atomic E-state index is 12.6. The number of methoxy groups -OCH3 is 1. The summed E-state index contributed by atoms with van der Waals surface area (Å²) in [7, 11) is 1.63. The first-order valence-electron chi connectivity index (χ1n) is 11.4. The van der Waals surface area contributed by atoms with Crippen LogP contribution in [0.2, 0.25) is 0 Å². The van der Waals surface area contributed by atoms with Crippen molar-refractivity contribution in [2.24, 2.45) is 0 Å². The van der Waals surface area contributed by atoms with Crippen LogP contribution in [0, 0.1) is 0 Å². The van der Waals surface area contributed by atoms with E-state index in [4.69, 9.17) is 4.74 Å². The van der Waals surface area contributed by atoms with Gasteiger partial charge < -0.3 is 15.4 Å². The third-order valence-corrected chi connectivity index (χ3v) is 6.97. The van der Waals surface area contributed by atoms with Crippen molar-refractivity contribution < 1.29 is 14.3 Å². The molecule has 7 nitrogen and oxygen atoms in total. The molecule has 2 amide bonds. The highest BCUT2D eigenvalue weighted by molar-refractivity contribution is 7.98. The normalized spacial score (nSPS) is 17.4. The van der Waals surface area contributed by atoms with Crippen molar-refractivity contribution in [1.82, 2.24) is 20.4 Å². The second kappa shape index (κ2) is 10.8. The average molecular weight is 479 g/mol. The number of carbonyl (C=O) groups excluding carboxylic acids is 2. The van der Waals surface area contributed by atoms with Crippen molar-refractivity contribution >= 4 is 23.6 Å². The Labute approximate surface area is 204 Å². The highest BCUT2D eigenvalue weighted by Crippen LogP contribution is 2.30. The first-order chi connectivity index (χ1) is 16.5. The van der Waals surface area contributed by atoms with Crippen LogP contribution in [-0.4, -0.2) is 40.5 Å². The summed E-state index contributed by atoms with van der Waals surface area (Å²) in [5.74, 6) is 0.751. The molecule has 34 heavy (non-hydrogen) atoms. The summed E-state index contributed by atoms with van der Waals surface area (Å²) in [5.41, 5.74) is 2.54. The van der Waals surface area contributed by atoms with Gasteiger partial charge in [-0.3, -0.25) is 9.59 Å². The number of benzene rings is 2. The third-order valence-electron chi connectivity index (χ3n) is 6.23. The Hall–Kier alpha value is -3.26. The molecule has 1 fully saturated rings. The van der Waals surface area contributed by atoms with Crippen LogP contribution in [0.4, 0.5) is 0 Å². The van der Waals surface area contributed by atoms with Crippen LogP contribution >= 0.6 is 11.8 Å². The van der Waals surface area contributed by atoms with E-state index < -0.39 is 0 Å². The number of amides is 2. The monoisotopic (exact) mass is 478 g/mol. The lowest BCUT2D eigenvalue weighted by Gasteiger charge is -2.29. The van der Waals surface area contributed by atoms with Gasteiger partial charge in [-0.15, -0.1) is 11.8 Å². The van der Waals surface area contributed by atoms with Gasteiger partial charge in [-0.1, -0.05) is 24.3 Å². The molecule has 2 N–H and O–H groups in total. The number of aromatic nitrogens is 2. The fourth-order valence-corrected chi connectivity index (χ4v) is 4.77. The zero-order valence-corrected chi connectivity index (χ0v) is 20.4. The quantitative estimate of drug-likeness (QED) is 0.432. The average Bonchev–Trinajstić information content (AvgIpc) is 3.49. The minimum atomic E-state index is -0.371. The van der Waals surface area contributed by atoms with Gasteiger partial charge in [0.2, 0.25) is 11.8 Å². The molecule has 8 heteroatoms. The maximum absolute atomic E-state index is 12.6. The van der Waals surface area contributed by atoms with Crippen LogP contribution in [0.15, 0.2) is 65.8 Å². The number of rotatable bonds is 10. The fraction of sp³-hybridized carbons (Fsp3) is 0.346. The molecule has 0 radical (unpaired) electrons. The van der Waals surface area contributed by atoms with Crippen molar-refractivity contribution in [3.63, 3.8) is 0 Å². The first kappa shape index (κ1) is 23.9. The van der Waals surface area contributed by atoms with Gasteiger partial charge in [0.05, 0.1) is 13.3 Å². The third kappa shape index (κ3) is 5.80. The highest BCUT2D eigenvalue weighted by atomic mass is 32.2. The zero-order valence-electron chi connectivity index (χ0n) is 19.5. The molecule has 2 aromatic carbocycles. The molecule has 0 aliphatic carbocycles. The van der Waals surface area contributed by atoms with E-state index >= 15 is 0 Å². The summed E-state index contributed by atoms with van der Waals surface area (Å²) in [4.78, 5) is 25.9. The van der Waals surface area contributed by atoms with Gasteiger partial charge in [-0.2, -0.15) is 5.10 Å². The molecule has 1 aromatic heterocycles. The van der Waals surface area contributed by atoms with Crippen molar-refractivity contribution in [3.8, 4) is 11.4 Å². The Kier molecular flexibility index (Phi) is 7.57. The van der Waals surface area contributed by atoms with E-state index in [1.165, 1.54) is 10.5 Å². The lowest BCUT2D eigenvalue weighted by Crippen LogP contribution is -2.44. The number of carbonyl (C=O) groups is 2. The van der Waals surface area contributed by atoms with Crippen LogP contribution < -0.4 is 15.4 Å². The molecule has 1 aliphatic heterocycles. The number of ether oxygens (including phenoxy) is 1. The second-order valence-electron chi connectivity index (χ2n) is 8.60. The minimum absolute atomic E-state index is 0.0386. The number of hydrogen-bond donors (Lipinski definition) is 2. The molecule has 1 aliphatic rings. The molecule has 1 saturated heterocycles. The lowest BCUT2D eigenvalue weighted by atomic mass is 9.85. The summed E-state index contributed by atoms with van der Waals surface area (Å²) in [6.07, 6.45) is 8.61. The fourth-order valence-electron chi connectivity index (χ4n) is 4.36. The van der Waals surface area contributed by atoms with E-state index in [0.29, 0.717) is 25.8 Å². The summed E-state index contributed by atoms with van der Waals surface area (Å²) in [6.45, 7) is 0.392. The van der Waals surface area contributed by atoms with Gasteiger partial charge in [0, 0.05) is 41.6 Å². The number of nitrogens with one attached hydrogen (secondary N) is 2. The minimum Gasteiger partial charge on any atom is -0.494 e. The summed E-state index contributed by atoms with van der Waals surface area (Å²) in [6, 6.07) is 16.1. The number of hydrogen-bond acceptors (Lipinski definition) is 5. The van der Waals surface area contributed by atoms with Gasteiger partial charge in [0.1, 0.15) is 11.4 Å². The molecule has 0 saturated carbocycles. The van der Waals surface area contributed by atoms with Crippen LogP contribution in [0.1, 0.15) is 36.8 Å². The summed E-state index contributed by atoms with van der Waals surface area (Å²) in [5, 5.41) is 10.5. The van der Waals surface area contributed by atoms with Crippen LogP contribution in [0.3, 0.4) is 0 Å². The molecule has 0 spiro atoms. The molecule has 178 valence electrons. The predicted molar refractivity (Wildman–Crippen MR) is 133 cm³/mol. The van der Waals surface area contributed by atoms with Crippen LogP contribution in [0.25, 0.3) is 5.69 Å². The number of nitrogens with zero attached hydrogens (tertiary/aromatic N) is 2. The topological polar surface area (TPSA) is 85.2 Å². The number of para-hydroxylation sites is 2. The van der Waals surface area contributed by atoms with E-state index in [1.807, 2.05) is 30.5 Å². The van der Waals surface area contributed by atoms with E-state index in [2.05, 4.69) is 46.3 Å². The Bertz CT molecular complexity index is 1140. The predicted octanol–water partition coefficient (Wildman–Crippen LogP) is 3.89. The Morgan fingerprint density at radius 1 is 1.21 bits per heavy atom. The highest BCUT2D eigenvalue weighted by Gasteiger charge is 2.37. The van der Waals surface area contributed by atoms with Crippen molar-refractivity contribution in [2.75, 3.05) is 13.4 Å². The standard InChI is InChI=1S/C26H30N4O3S/c1-33-23-6-4-3-5-22(23)30-18-20(17-28-30)16-27-24(31)11-13-26(14-12-25(32)29-26)15-19-7-9-21(34-2)10-8-19/h3-10,17-18H,11-16H2,1-2H3,(H,27,31)(H,29,32)/t26-/m0/s1. The van der Waals surface area contributed by atoms with Gasteiger partial charge in [0.15, 0.2) is 0 Å². The summed E-state index contributed by atoms with van der Waals surface area (Å²) < 4.78 is 7.14. The van der Waals surface area contributed by atoms with E-state index in [9.17, 15) is 9.59 Å². The second-order valence-corrected chi connectivity index (χ2v) is 9.47. The first-order valence-corrected chi connectivity index (χ1v) is 12.6. The summed E-state index contributed by atoms with van der Waals surface area (Å²) >= 11 is 1.70. The van der Waals surface area contributed by atoms with Crippen LogP contribution in [-0.2, 0) is 22.6 Å². The van der Waals surface area contributed by atoms with Gasteiger partial charge in [-0.25, -0.2) is 4.68 Å². The molecule has 1 atom stereocenters. The van der Waals surface area contributed by atoms with Crippen molar-refractivity contribution in [1.29, 1.82) is 0 Å². The van der Waals surface area contributed by atoms with Gasteiger partial charge in [-0.05, 0) is 55.3 Å². The number of thioether (sulfide) groups is 1. The zero-order chi connectivity index (χ0) is 24.0. The van der Waals surface area contributed by atoms with Crippen molar-refractivity contribution in [3.05, 3.63) is 72.1 Å². The van der Waals surface area contributed by atoms with E-state index in [-0.39, 0.29) is 17.4 Å². The molecule has 4 rings (SSSR count).